The molecule has 146 valence electrons. The zero-order valence-electron chi connectivity index (χ0n) is 15.3. The second-order valence-electron chi connectivity index (χ2n) is 6.45. The molecule has 30 heavy (non-hydrogen) atoms. The number of hydrogen-bond acceptors (Lipinski definition) is 6. The number of anilines is 2. The van der Waals surface area contributed by atoms with E-state index in [9.17, 15) is 8.78 Å². The standard InChI is InChI=1S/C21H13F2N7/c22-15-6-7-17-19(18(15)23)29-20(28-17)12-3-1-4-14(9-12)27-21-24-10-13(11-25-21)16-5-2-8-26-30-16/h1-11H,(H,28,29)(H,24,25,27). The van der Waals surface area contributed by atoms with E-state index in [-0.39, 0.29) is 5.52 Å². The summed E-state index contributed by atoms with van der Waals surface area (Å²) in [4.78, 5) is 15.8. The Bertz CT molecular complexity index is 1340. The Hall–Kier alpha value is -4.27. The summed E-state index contributed by atoms with van der Waals surface area (Å²) in [5, 5.41) is 11.0. The van der Waals surface area contributed by atoms with E-state index in [0.29, 0.717) is 34.2 Å². The molecule has 0 amide bonds. The molecule has 0 aliphatic rings. The summed E-state index contributed by atoms with van der Waals surface area (Å²) in [5.74, 6) is -1.04. The van der Waals surface area contributed by atoms with Crippen molar-refractivity contribution in [2.45, 2.75) is 0 Å². The van der Waals surface area contributed by atoms with Crippen molar-refractivity contribution in [1.29, 1.82) is 0 Å². The highest BCUT2D eigenvalue weighted by molar-refractivity contribution is 5.80. The van der Waals surface area contributed by atoms with Crippen LogP contribution in [0.1, 0.15) is 0 Å². The van der Waals surface area contributed by atoms with E-state index < -0.39 is 11.6 Å². The molecular formula is C21H13F2N7. The third kappa shape index (κ3) is 3.32. The van der Waals surface area contributed by atoms with Gasteiger partial charge in [0, 0.05) is 35.4 Å². The molecule has 0 saturated carbocycles. The number of rotatable bonds is 4. The number of fused-ring (bicyclic) bond motifs is 1. The predicted octanol–water partition coefficient (Wildman–Crippen LogP) is 4.50. The second kappa shape index (κ2) is 7.28. The van der Waals surface area contributed by atoms with Crippen molar-refractivity contribution in [2.24, 2.45) is 0 Å². The largest absolute Gasteiger partial charge is 0.335 e. The Morgan fingerprint density at radius 2 is 1.77 bits per heavy atom. The number of aromatic amines is 1. The number of hydrogen-bond donors (Lipinski definition) is 2. The normalized spacial score (nSPS) is 11.0. The van der Waals surface area contributed by atoms with Crippen molar-refractivity contribution in [3.63, 3.8) is 0 Å². The van der Waals surface area contributed by atoms with E-state index in [1.165, 1.54) is 6.07 Å². The molecule has 0 atom stereocenters. The van der Waals surface area contributed by atoms with Crippen LogP contribution in [-0.4, -0.2) is 30.1 Å². The van der Waals surface area contributed by atoms with Crippen molar-refractivity contribution in [2.75, 3.05) is 5.32 Å². The molecule has 3 aromatic heterocycles. The van der Waals surface area contributed by atoms with Crippen molar-refractivity contribution >= 4 is 22.7 Å². The van der Waals surface area contributed by atoms with Gasteiger partial charge in [0.2, 0.25) is 5.95 Å². The number of halogens is 2. The van der Waals surface area contributed by atoms with Crippen LogP contribution < -0.4 is 5.32 Å². The number of nitrogens with zero attached hydrogens (tertiary/aromatic N) is 5. The van der Waals surface area contributed by atoms with Crippen molar-refractivity contribution in [3.8, 4) is 22.6 Å². The van der Waals surface area contributed by atoms with Gasteiger partial charge in [-0.15, -0.1) is 0 Å². The topological polar surface area (TPSA) is 92.3 Å². The van der Waals surface area contributed by atoms with Crippen molar-refractivity contribution in [1.82, 2.24) is 30.1 Å². The van der Waals surface area contributed by atoms with Gasteiger partial charge in [0.25, 0.3) is 0 Å². The zero-order valence-corrected chi connectivity index (χ0v) is 15.3. The molecule has 3 heterocycles. The van der Waals surface area contributed by atoms with Gasteiger partial charge >= 0.3 is 0 Å². The molecule has 5 rings (SSSR count). The van der Waals surface area contributed by atoms with Gasteiger partial charge in [0.1, 0.15) is 11.3 Å². The van der Waals surface area contributed by atoms with Gasteiger partial charge in [-0.1, -0.05) is 12.1 Å². The monoisotopic (exact) mass is 401 g/mol. The van der Waals surface area contributed by atoms with Crippen molar-refractivity contribution in [3.05, 3.63) is 78.8 Å². The first-order valence-electron chi connectivity index (χ1n) is 8.99. The molecule has 5 aromatic rings. The summed E-state index contributed by atoms with van der Waals surface area (Å²) in [7, 11) is 0. The fraction of sp³-hybridized carbons (Fsp3) is 0. The van der Waals surface area contributed by atoms with Gasteiger partial charge in [-0.2, -0.15) is 10.2 Å². The van der Waals surface area contributed by atoms with Gasteiger partial charge in [-0.3, -0.25) is 0 Å². The number of imidazole rings is 1. The fourth-order valence-electron chi connectivity index (χ4n) is 3.01. The molecule has 7 nitrogen and oxygen atoms in total. The summed E-state index contributed by atoms with van der Waals surface area (Å²) in [6.07, 6.45) is 4.90. The zero-order chi connectivity index (χ0) is 20.5. The predicted molar refractivity (Wildman–Crippen MR) is 108 cm³/mol. The first-order valence-corrected chi connectivity index (χ1v) is 8.99. The molecule has 2 N–H and O–H groups in total. The molecule has 0 spiro atoms. The van der Waals surface area contributed by atoms with E-state index in [1.807, 2.05) is 30.3 Å². The first-order chi connectivity index (χ1) is 14.7. The minimum Gasteiger partial charge on any atom is -0.335 e. The Morgan fingerprint density at radius 3 is 2.57 bits per heavy atom. The van der Waals surface area contributed by atoms with Gasteiger partial charge in [0.15, 0.2) is 11.6 Å². The summed E-state index contributed by atoms with van der Waals surface area (Å²) >= 11 is 0. The van der Waals surface area contributed by atoms with Crippen molar-refractivity contribution < 1.29 is 8.78 Å². The number of nitrogens with one attached hydrogen (secondary N) is 2. The summed E-state index contributed by atoms with van der Waals surface area (Å²) < 4.78 is 27.4. The molecule has 0 unspecified atom stereocenters. The lowest BCUT2D eigenvalue weighted by Gasteiger charge is -2.06. The minimum atomic E-state index is -0.947. The highest BCUT2D eigenvalue weighted by Crippen LogP contribution is 2.26. The lowest BCUT2D eigenvalue weighted by Crippen LogP contribution is -1.97. The first kappa shape index (κ1) is 17.8. The van der Waals surface area contributed by atoms with Crippen LogP contribution in [0.3, 0.4) is 0 Å². The van der Waals surface area contributed by atoms with E-state index >= 15 is 0 Å². The maximum Gasteiger partial charge on any atom is 0.227 e. The van der Waals surface area contributed by atoms with Gasteiger partial charge in [-0.05, 0) is 36.4 Å². The van der Waals surface area contributed by atoms with Crippen LogP contribution in [-0.2, 0) is 0 Å². The summed E-state index contributed by atoms with van der Waals surface area (Å²) in [6, 6.07) is 13.4. The summed E-state index contributed by atoms with van der Waals surface area (Å²) in [6.45, 7) is 0. The lowest BCUT2D eigenvalue weighted by molar-refractivity contribution is 0.515. The Balaban J connectivity index is 1.41. The Kier molecular flexibility index (Phi) is 4.32. The van der Waals surface area contributed by atoms with E-state index in [4.69, 9.17) is 0 Å². The van der Waals surface area contributed by atoms with E-state index in [0.717, 1.165) is 11.6 Å². The third-order valence-corrected chi connectivity index (χ3v) is 4.46. The Morgan fingerprint density at radius 1 is 0.900 bits per heavy atom. The average molecular weight is 401 g/mol. The third-order valence-electron chi connectivity index (χ3n) is 4.46. The van der Waals surface area contributed by atoms with Crippen LogP contribution in [0.25, 0.3) is 33.7 Å². The van der Waals surface area contributed by atoms with Crippen LogP contribution in [0, 0.1) is 11.6 Å². The molecule has 2 aromatic carbocycles. The van der Waals surface area contributed by atoms with Crippen LogP contribution in [0.2, 0.25) is 0 Å². The van der Waals surface area contributed by atoms with Gasteiger partial charge < -0.3 is 10.3 Å². The maximum atomic E-state index is 14.0. The van der Waals surface area contributed by atoms with E-state index in [2.05, 4.69) is 35.5 Å². The quantitative estimate of drug-likeness (QED) is 0.461. The molecule has 0 fully saturated rings. The smallest absolute Gasteiger partial charge is 0.227 e. The van der Waals surface area contributed by atoms with Crippen LogP contribution in [0.4, 0.5) is 20.4 Å². The van der Waals surface area contributed by atoms with Gasteiger partial charge in [0.05, 0.1) is 11.2 Å². The van der Waals surface area contributed by atoms with Crippen LogP contribution >= 0.6 is 0 Å². The molecule has 9 heteroatoms. The Labute approximate surface area is 168 Å². The number of aromatic nitrogens is 6. The molecule has 0 saturated heterocycles. The summed E-state index contributed by atoms with van der Waals surface area (Å²) in [5.41, 5.74) is 3.23. The maximum absolute atomic E-state index is 14.0. The number of H-pyrrole nitrogens is 1. The highest BCUT2D eigenvalue weighted by Gasteiger charge is 2.13. The van der Waals surface area contributed by atoms with E-state index in [1.54, 1.807) is 24.7 Å². The lowest BCUT2D eigenvalue weighted by atomic mass is 10.2. The van der Waals surface area contributed by atoms with Crippen LogP contribution in [0.5, 0.6) is 0 Å². The molecule has 0 aliphatic heterocycles. The van der Waals surface area contributed by atoms with Crippen LogP contribution in [0.15, 0.2) is 67.1 Å². The molecule has 0 bridgehead atoms. The molecular weight excluding hydrogens is 388 g/mol. The SMILES string of the molecule is Fc1ccc2nc(-c3cccc(Nc4ncc(-c5cccnn5)cn4)c3)[nH]c2c1F. The number of benzene rings is 2. The average Bonchev–Trinajstić information content (AvgIpc) is 3.23. The second-order valence-corrected chi connectivity index (χ2v) is 6.45. The van der Waals surface area contributed by atoms with Gasteiger partial charge in [-0.25, -0.2) is 23.7 Å². The fourth-order valence-corrected chi connectivity index (χ4v) is 3.01. The molecule has 0 radical (unpaired) electrons. The minimum absolute atomic E-state index is 0.0336. The highest BCUT2D eigenvalue weighted by atomic mass is 19.2. The molecule has 0 aliphatic carbocycles.